The Bertz CT molecular complexity index is 958. The minimum atomic E-state index is -0.514. The molecule has 0 aliphatic carbocycles. The summed E-state index contributed by atoms with van der Waals surface area (Å²) < 4.78 is 7.26. The Morgan fingerprint density at radius 2 is 2.13 bits per heavy atom. The zero-order valence-electron chi connectivity index (χ0n) is 18.0. The number of hydrogen-bond acceptors (Lipinski definition) is 6. The average Bonchev–Trinajstić information content (AvgIpc) is 3.25. The van der Waals surface area contributed by atoms with Crippen LogP contribution in [0.15, 0.2) is 6.20 Å². The van der Waals surface area contributed by atoms with Crippen LogP contribution in [0.3, 0.4) is 0 Å². The molecule has 9 heteroatoms. The zero-order chi connectivity index (χ0) is 21.5. The van der Waals surface area contributed by atoms with Crippen molar-refractivity contribution in [3.8, 4) is 0 Å². The fraction of sp³-hybridized carbons (Fsp3) is 0.619. The summed E-state index contributed by atoms with van der Waals surface area (Å²) >= 11 is 1.67. The third kappa shape index (κ3) is 4.50. The number of carbonyl (C=O) groups excluding carboxylic acids is 2. The first kappa shape index (κ1) is 20.8. The maximum Gasteiger partial charge on any atom is 0.407 e. The third-order valence-electron chi connectivity index (χ3n) is 5.47. The summed E-state index contributed by atoms with van der Waals surface area (Å²) in [5.74, 6) is 0.291. The summed E-state index contributed by atoms with van der Waals surface area (Å²) in [5, 5.41) is 8.37. The molecule has 1 N–H and O–H groups in total. The summed E-state index contributed by atoms with van der Waals surface area (Å²) in [6.07, 6.45) is 3.73. The molecule has 0 radical (unpaired) electrons. The topological polar surface area (TPSA) is 89.4 Å². The van der Waals surface area contributed by atoms with Crippen LogP contribution in [0.2, 0.25) is 0 Å². The number of hydrogen-bond donors (Lipinski definition) is 1. The monoisotopic (exact) mass is 431 g/mol. The van der Waals surface area contributed by atoms with Gasteiger partial charge >= 0.3 is 6.09 Å². The van der Waals surface area contributed by atoms with Gasteiger partial charge in [-0.15, -0.1) is 11.3 Å². The number of alkyl carbamates (subject to hydrolysis) is 1. The van der Waals surface area contributed by atoms with Crippen molar-refractivity contribution in [1.82, 2.24) is 25.0 Å². The van der Waals surface area contributed by atoms with Gasteiger partial charge in [0.25, 0.3) is 5.91 Å². The molecule has 2 aliphatic rings. The first-order chi connectivity index (χ1) is 14.2. The Hall–Kier alpha value is -2.42. The van der Waals surface area contributed by atoms with Gasteiger partial charge in [-0.25, -0.2) is 9.78 Å². The van der Waals surface area contributed by atoms with Gasteiger partial charge in [0.15, 0.2) is 0 Å². The number of nitrogens with one attached hydrogen (secondary N) is 1. The predicted octanol–water partition coefficient (Wildman–Crippen LogP) is 2.93. The van der Waals surface area contributed by atoms with E-state index in [1.807, 2.05) is 37.3 Å². The smallest absolute Gasteiger partial charge is 0.407 e. The van der Waals surface area contributed by atoms with E-state index in [9.17, 15) is 9.59 Å². The summed E-state index contributed by atoms with van der Waals surface area (Å²) in [6, 6.07) is 0. The molecule has 2 amide bonds. The van der Waals surface area contributed by atoms with Crippen LogP contribution in [-0.4, -0.2) is 50.4 Å². The van der Waals surface area contributed by atoms with Gasteiger partial charge in [0, 0.05) is 30.9 Å². The first-order valence-electron chi connectivity index (χ1n) is 10.5. The summed E-state index contributed by atoms with van der Waals surface area (Å²) in [7, 11) is 0. The number of carbonyl (C=O) groups is 2. The van der Waals surface area contributed by atoms with Crippen LogP contribution in [0.5, 0.6) is 0 Å². The molecule has 2 aromatic heterocycles. The lowest BCUT2D eigenvalue weighted by Crippen LogP contribution is -2.38. The van der Waals surface area contributed by atoms with Crippen molar-refractivity contribution in [2.24, 2.45) is 5.92 Å². The maximum atomic E-state index is 13.2. The summed E-state index contributed by atoms with van der Waals surface area (Å²) in [5.41, 5.74) is 2.27. The van der Waals surface area contributed by atoms with Crippen LogP contribution in [0.25, 0.3) is 0 Å². The minimum absolute atomic E-state index is 0.0358. The number of nitrogens with zero attached hydrogens (tertiary/aromatic N) is 4. The molecule has 1 atom stereocenters. The van der Waals surface area contributed by atoms with Crippen LogP contribution in [0.4, 0.5) is 4.79 Å². The van der Waals surface area contributed by atoms with E-state index in [0.717, 1.165) is 42.2 Å². The van der Waals surface area contributed by atoms with Crippen molar-refractivity contribution in [1.29, 1.82) is 0 Å². The number of rotatable bonds is 3. The highest BCUT2D eigenvalue weighted by Crippen LogP contribution is 2.28. The molecule has 4 heterocycles. The average molecular weight is 432 g/mol. The SMILES string of the molecule is Cc1nc2c(s1)CN(C(=O)c1cnn3c1CC(CNC(=O)OC(C)(C)C)CC3)CC2. The summed E-state index contributed by atoms with van der Waals surface area (Å²) in [6.45, 7) is 10.1. The van der Waals surface area contributed by atoms with Gasteiger partial charge in [-0.05, 0) is 46.5 Å². The van der Waals surface area contributed by atoms with Crippen molar-refractivity contribution in [3.05, 3.63) is 33.0 Å². The minimum Gasteiger partial charge on any atom is -0.444 e. The standard InChI is InChI=1S/C21H29N5O3S/c1-13-24-16-6-7-25(12-18(16)30-13)19(27)15-11-23-26-8-5-14(9-17(15)26)10-22-20(28)29-21(2,3)4/h11,14H,5-10,12H2,1-4H3,(H,22,28). The Kier molecular flexibility index (Phi) is 5.57. The van der Waals surface area contributed by atoms with Gasteiger partial charge in [0.1, 0.15) is 5.60 Å². The van der Waals surface area contributed by atoms with E-state index in [0.29, 0.717) is 25.2 Å². The molecule has 0 aromatic carbocycles. The second-order valence-electron chi connectivity index (χ2n) is 9.05. The Morgan fingerprint density at radius 1 is 1.33 bits per heavy atom. The molecule has 162 valence electrons. The van der Waals surface area contributed by atoms with Crippen LogP contribution in [0, 0.1) is 12.8 Å². The molecule has 0 saturated heterocycles. The van der Waals surface area contributed by atoms with Crippen molar-refractivity contribution in [2.45, 2.75) is 65.6 Å². The van der Waals surface area contributed by atoms with Gasteiger partial charge < -0.3 is 15.0 Å². The van der Waals surface area contributed by atoms with Crippen LogP contribution >= 0.6 is 11.3 Å². The van der Waals surface area contributed by atoms with E-state index in [1.54, 1.807) is 17.5 Å². The van der Waals surface area contributed by atoms with Crippen LogP contribution < -0.4 is 5.32 Å². The maximum absolute atomic E-state index is 13.2. The number of ether oxygens (including phenoxy) is 1. The van der Waals surface area contributed by atoms with E-state index in [-0.39, 0.29) is 11.8 Å². The molecule has 8 nitrogen and oxygen atoms in total. The Labute approximate surface area is 180 Å². The zero-order valence-corrected chi connectivity index (χ0v) is 18.8. The number of amides is 2. The van der Waals surface area contributed by atoms with Gasteiger partial charge in [-0.1, -0.05) is 0 Å². The van der Waals surface area contributed by atoms with E-state index < -0.39 is 11.7 Å². The molecule has 0 fully saturated rings. The molecular weight excluding hydrogens is 402 g/mol. The normalized spacial score (nSPS) is 18.5. The highest BCUT2D eigenvalue weighted by molar-refractivity contribution is 7.11. The van der Waals surface area contributed by atoms with E-state index in [2.05, 4.69) is 15.4 Å². The first-order valence-corrected chi connectivity index (χ1v) is 11.3. The number of thiazole rings is 1. The lowest BCUT2D eigenvalue weighted by Gasteiger charge is -2.28. The highest BCUT2D eigenvalue weighted by atomic mass is 32.1. The quantitative estimate of drug-likeness (QED) is 0.807. The van der Waals surface area contributed by atoms with Gasteiger partial charge in [0.05, 0.1) is 34.7 Å². The largest absolute Gasteiger partial charge is 0.444 e. The fourth-order valence-electron chi connectivity index (χ4n) is 4.06. The summed E-state index contributed by atoms with van der Waals surface area (Å²) in [4.78, 5) is 32.9. The molecule has 30 heavy (non-hydrogen) atoms. The van der Waals surface area contributed by atoms with E-state index >= 15 is 0 Å². The van der Waals surface area contributed by atoms with Crippen molar-refractivity contribution in [2.75, 3.05) is 13.1 Å². The molecule has 4 rings (SSSR count). The van der Waals surface area contributed by atoms with Crippen LogP contribution in [-0.2, 0) is 30.7 Å². The predicted molar refractivity (Wildman–Crippen MR) is 114 cm³/mol. The molecule has 1 unspecified atom stereocenters. The third-order valence-corrected chi connectivity index (χ3v) is 6.47. The second kappa shape index (κ2) is 8.02. The lowest BCUT2D eigenvalue weighted by atomic mass is 9.94. The number of fused-ring (bicyclic) bond motifs is 2. The molecule has 0 bridgehead atoms. The lowest BCUT2D eigenvalue weighted by molar-refractivity contribution is 0.0515. The highest BCUT2D eigenvalue weighted by Gasteiger charge is 2.30. The number of aryl methyl sites for hydroxylation is 2. The molecule has 0 saturated carbocycles. The Morgan fingerprint density at radius 3 is 2.90 bits per heavy atom. The van der Waals surface area contributed by atoms with Crippen molar-refractivity contribution < 1.29 is 14.3 Å². The van der Waals surface area contributed by atoms with Gasteiger partial charge in [-0.3, -0.25) is 9.48 Å². The Balaban J connectivity index is 1.40. The van der Waals surface area contributed by atoms with Gasteiger partial charge in [-0.2, -0.15) is 5.10 Å². The van der Waals surface area contributed by atoms with Crippen molar-refractivity contribution >= 4 is 23.3 Å². The second-order valence-corrected chi connectivity index (χ2v) is 10.3. The van der Waals surface area contributed by atoms with Crippen molar-refractivity contribution in [3.63, 3.8) is 0 Å². The molecular formula is C21H29N5O3S. The van der Waals surface area contributed by atoms with E-state index in [1.165, 1.54) is 4.88 Å². The van der Waals surface area contributed by atoms with E-state index in [4.69, 9.17) is 4.74 Å². The number of aromatic nitrogens is 3. The van der Waals surface area contributed by atoms with Gasteiger partial charge in [0.2, 0.25) is 0 Å². The fourth-order valence-corrected chi connectivity index (χ4v) is 5.06. The molecule has 2 aromatic rings. The van der Waals surface area contributed by atoms with Crippen LogP contribution in [0.1, 0.15) is 58.8 Å². The molecule has 2 aliphatic heterocycles. The molecule has 0 spiro atoms.